The van der Waals surface area contributed by atoms with E-state index in [1.807, 2.05) is 0 Å². The number of nitrogens with zero attached hydrogens (tertiary/aromatic N) is 2. The molecule has 2 heterocycles. The minimum atomic E-state index is -0.810. The highest BCUT2D eigenvalue weighted by Crippen LogP contribution is 2.48. The Labute approximate surface area is 258 Å². The van der Waals surface area contributed by atoms with Crippen LogP contribution in [0.5, 0.6) is 0 Å². The molecule has 5 rings (SSSR count). The number of hydrogen-bond acceptors (Lipinski definition) is 4. The molecule has 43 heavy (non-hydrogen) atoms. The van der Waals surface area contributed by atoms with Crippen molar-refractivity contribution in [2.75, 3.05) is 13.1 Å². The Morgan fingerprint density at radius 1 is 0.837 bits per heavy atom. The lowest BCUT2D eigenvalue weighted by Crippen LogP contribution is -2.41. The van der Waals surface area contributed by atoms with Crippen molar-refractivity contribution < 1.29 is 19.2 Å². The predicted octanol–water partition coefficient (Wildman–Crippen LogP) is 8.06. The molecule has 228 valence electrons. The molecule has 1 amide bonds. The Morgan fingerprint density at radius 3 is 1.77 bits per heavy atom. The second kappa shape index (κ2) is 13.7. The minimum absolute atomic E-state index is 0.0374. The molecule has 0 saturated carbocycles. The van der Waals surface area contributed by atoms with Crippen LogP contribution in [-0.2, 0) is 22.4 Å². The highest BCUT2D eigenvalue weighted by molar-refractivity contribution is 6.47. The van der Waals surface area contributed by atoms with E-state index in [-0.39, 0.29) is 19.0 Å². The Bertz CT molecular complexity index is 1240. The number of amides is 1. The summed E-state index contributed by atoms with van der Waals surface area (Å²) in [5, 5.41) is 9.47. The summed E-state index contributed by atoms with van der Waals surface area (Å²) in [4.78, 5) is 15.7. The van der Waals surface area contributed by atoms with Crippen LogP contribution < -0.4 is 0 Å². The average Bonchev–Trinajstić information content (AvgIpc) is 3.22. The second-order valence-electron chi connectivity index (χ2n) is 13.3. The molecule has 7 heteroatoms. The fourth-order valence-corrected chi connectivity index (χ4v) is 6.61. The van der Waals surface area contributed by atoms with Crippen LogP contribution in [0.1, 0.15) is 76.1 Å². The zero-order chi connectivity index (χ0) is 30.5. The van der Waals surface area contributed by atoms with Gasteiger partial charge in [-0.15, -0.1) is 0 Å². The molecule has 0 spiro atoms. The van der Waals surface area contributed by atoms with E-state index in [2.05, 4.69) is 124 Å². The van der Waals surface area contributed by atoms with Crippen LogP contribution in [0, 0.1) is 5.92 Å². The van der Waals surface area contributed by atoms with Gasteiger partial charge in [0.1, 0.15) is 0 Å². The lowest BCUT2D eigenvalue weighted by Gasteiger charge is -2.39. The predicted molar refractivity (Wildman–Crippen MR) is 173 cm³/mol. The quantitative estimate of drug-likeness (QED) is 0.232. The topological polar surface area (TPSA) is 62.2 Å². The largest absolute Gasteiger partial charge is 0.465 e. The van der Waals surface area contributed by atoms with Gasteiger partial charge < -0.3 is 19.3 Å². The van der Waals surface area contributed by atoms with Gasteiger partial charge in [0.15, 0.2) is 0 Å². The Kier molecular flexibility index (Phi) is 9.95. The molecule has 3 aromatic carbocycles. The molecule has 2 aliphatic rings. The highest BCUT2D eigenvalue weighted by Gasteiger charge is 2.55. The fourth-order valence-electron chi connectivity index (χ4n) is 6.61. The van der Waals surface area contributed by atoms with Gasteiger partial charge in [-0.05, 0) is 69.6 Å². The lowest BCUT2D eigenvalue weighted by molar-refractivity contribution is 0.00578. The van der Waals surface area contributed by atoms with Crippen molar-refractivity contribution in [3.05, 3.63) is 108 Å². The third-order valence-electron chi connectivity index (χ3n) is 9.81. The normalized spacial score (nSPS) is 19.8. The van der Waals surface area contributed by atoms with Crippen LogP contribution in [0.15, 0.2) is 91.0 Å². The van der Waals surface area contributed by atoms with Crippen molar-refractivity contribution >= 4 is 13.2 Å². The van der Waals surface area contributed by atoms with E-state index < -0.39 is 17.3 Å². The molecule has 2 atom stereocenters. The molecule has 0 aromatic heterocycles. The van der Waals surface area contributed by atoms with Crippen molar-refractivity contribution in [2.24, 2.45) is 5.92 Å². The van der Waals surface area contributed by atoms with Crippen LogP contribution in [0.3, 0.4) is 0 Å². The minimum Gasteiger partial charge on any atom is -0.465 e. The van der Waals surface area contributed by atoms with Crippen LogP contribution in [-0.4, -0.2) is 52.4 Å². The molecular formula is C36H47BN2O4. The van der Waals surface area contributed by atoms with Crippen molar-refractivity contribution in [3.63, 3.8) is 0 Å². The zero-order valence-corrected chi connectivity index (χ0v) is 26.2. The smallest absolute Gasteiger partial charge is 0.463 e. The number of carboxylic acid groups (broad SMARTS) is 1. The monoisotopic (exact) mass is 582 g/mol. The second-order valence-corrected chi connectivity index (χ2v) is 13.3. The van der Waals surface area contributed by atoms with Gasteiger partial charge in [-0.25, -0.2) is 4.79 Å². The Balaban J connectivity index is 1.52. The van der Waals surface area contributed by atoms with Gasteiger partial charge in [0.2, 0.25) is 0 Å². The number of carbonyl (C=O) groups is 1. The Morgan fingerprint density at radius 2 is 1.30 bits per heavy atom. The number of piperidine rings is 1. The summed E-state index contributed by atoms with van der Waals surface area (Å²) in [6.07, 6.45) is 2.92. The first-order valence-corrected chi connectivity index (χ1v) is 15.8. The highest BCUT2D eigenvalue weighted by atomic mass is 16.7. The van der Waals surface area contributed by atoms with E-state index in [4.69, 9.17) is 9.31 Å². The molecule has 2 saturated heterocycles. The summed E-state index contributed by atoms with van der Waals surface area (Å²) in [5.41, 5.74) is 2.93. The molecule has 2 aliphatic heterocycles. The average molecular weight is 583 g/mol. The fraction of sp³-hybridized carbons (Fsp3) is 0.472. The van der Waals surface area contributed by atoms with Gasteiger partial charge in [-0.1, -0.05) is 97.4 Å². The summed E-state index contributed by atoms with van der Waals surface area (Å²) < 4.78 is 13.7. The summed E-state index contributed by atoms with van der Waals surface area (Å²) >= 11 is 0. The zero-order valence-electron chi connectivity index (χ0n) is 26.2. The maximum Gasteiger partial charge on any atom is 0.463 e. The van der Waals surface area contributed by atoms with E-state index >= 15 is 0 Å². The summed E-state index contributed by atoms with van der Waals surface area (Å²) in [7, 11) is -0.372. The number of benzene rings is 3. The first-order chi connectivity index (χ1) is 20.6. The molecule has 6 nitrogen and oxygen atoms in total. The Hall–Kier alpha value is -3.13. The number of likely N-dealkylation sites (tertiary alicyclic amines) is 1. The van der Waals surface area contributed by atoms with Crippen LogP contribution >= 0.6 is 0 Å². The molecule has 3 aromatic rings. The number of hydrogen-bond donors (Lipinski definition) is 1. The summed E-state index contributed by atoms with van der Waals surface area (Å²) in [6, 6.07) is 32.3. The van der Waals surface area contributed by atoms with Gasteiger partial charge in [-0.3, -0.25) is 4.90 Å². The van der Waals surface area contributed by atoms with Gasteiger partial charge >= 0.3 is 13.2 Å². The SMILES string of the molecule is CC1(C)OB([C@H](CCC2CCN(C(=O)O)CC2)[C@@H](c2ccccc2)N(Cc2ccccc2)Cc2ccccc2)OC1(C)C. The molecule has 0 unspecified atom stereocenters. The number of rotatable bonds is 11. The third-order valence-corrected chi connectivity index (χ3v) is 9.81. The van der Waals surface area contributed by atoms with E-state index in [0.717, 1.165) is 38.8 Å². The lowest BCUT2D eigenvalue weighted by atomic mass is 9.62. The first kappa shape index (κ1) is 31.3. The third kappa shape index (κ3) is 7.70. The summed E-state index contributed by atoms with van der Waals surface area (Å²) in [6.45, 7) is 11.3. The first-order valence-electron chi connectivity index (χ1n) is 15.8. The molecular weight excluding hydrogens is 535 g/mol. The standard InChI is InChI=1S/C36H47BN2O4/c1-35(2)36(3,4)43-37(42-35)32(21-20-28-22-24-38(25-23-28)34(40)41)33(31-18-12-7-13-19-31)39(26-29-14-8-5-9-15-29)27-30-16-10-6-11-17-30/h5-19,28,32-33H,20-27H2,1-4H3,(H,40,41)/t32-,33-/m1/s1. The van der Waals surface area contributed by atoms with Gasteiger partial charge in [0.25, 0.3) is 0 Å². The molecule has 0 bridgehead atoms. The maximum absolute atomic E-state index is 11.5. The van der Waals surface area contributed by atoms with Gasteiger partial charge in [0.05, 0.1) is 11.2 Å². The van der Waals surface area contributed by atoms with E-state index in [1.165, 1.54) is 16.7 Å². The van der Waals surface area contributed by atoms with Crippen LogP contribution in [0.4, 0.5) is 4.79 Å². The maximum atomic E-state index is 11.5. The van der Waals surface area contributed by atoms with Gasteiger partial charge in [-0.2, -0.15) is 0 Å². The van der Waals surface area contributed by atoms with Crippen molar-refractivity contribution in [1.82, 2.24) is 9.80 Å². The van der Waals surface area contributed by atoms with Crippen molar-refractivity contribution in [2.45, 2.75) is 89.5 Å². The van der Waals surface area contributed by atoms with E-state index in [1.54, 1.807) is 4.90 Å². The van der Waals surface area contributed by atoms with E-state index in [0.29, 0.717) is 19.0 Å². The van der Waals surface area contributed by atoms with Crippen LogP contribution in [0.2, 0.25) is 5.82 Å². The summed E-state index contributed by atoms with van der Waals surface area (Å²) in [5.74, 6) is 0.544. The van der Waals surface area contributed by atoms with Crippen LogP contribution in [0.25, 0.3) is 0 Å². The van der Waals surface area contributed by atoms with E-state index in [9.17, 15) is 9.90 Å². The molecule has 0 radical (unpaired) electrons. The molecule has 2 fully saturated rings. The van der Waals surface area contributed by atoms with Gasteiger partial charge in [0, 0.05) is 38.0 Å². The molecule has 0 aliphatic carbocycles. The van der Waals surface area contributed by atoms with Crippen molar-refractivity contribution in [3.8, 4) is 0 Å². The van der Waals surface area contributed by atoms with Crippen molar-refractivity contribution in [1.29, 1.82) is 0 Å². The molecule has 1 N–H and O–H groups in total.